The minimum absolute atomic E-state index is 0.134. The van der Waals surface area contributed by atoms with E-state index in [9.17, 15) is 4.79 Å². The lowest BCUT2D eigenvalue weighted by atomic mass is 9.76. The smallest absolute Gasteiger partial charge is 0.235 e. The van der Waals surface area contributed by atoms with E-state index in [0.29, 0.717) is 0 Å². The molecule has 0 aromatic carbocycles. The van der Waals surface area contributed by atoms with E-state index in [1.807, 2.05) is 6.07 Å². The molecule has 0 saturated heterocycles. The molecule has 80 valence electrons. The molecule has 0 bridgehead atoms. The van der Waals surface area contributed by atoms with Crippen molar-refractivity contribution in [1.82, 2.24) is 4.98 Å². The molecule has 1 atom stereocenters. The Morgan fingerprint density at radius 3 is 2.93 bits per heavy atom. The summed E-state index contributed by atoms with van der Waals surface area (Å²) < 4.78 is 0. The van der Waals surface area contributed by atoms with Gasteiger partial charge in [-0.2, -0.15) is 0 Å². The lowest BCUT2D eigenvalue weighted by molar-refractivity contribution is -0.121. The summed E-state index contributed by atoms with van der Waals surface area (Å²) in [7, 11) is 0. The molecule has 1 aliphatic rings. The number of rotatable bonds is 3. The second-order valence-electron chi connectivity index (χ2n) is 4.06. The Labute approximate surface area is 89.9 Å². The Balaban J connectivity index is 2.51. The lowest BCUT2D eigenvalue weighted by Gasteiger charge is -2.25. The number of nitrogens with one attached hydrogen (secondary N) is 1. The van der Waals surface area contributed by atoms with Gasteiger partial charge in [0.2, 0.25) is 5.91 Å². The number of amides is 1. The van der Waals surface area contributed by atoms with E-state index in [1.54, 1.807) is 12.4 Å². The van der Waals surface area contributed by atoms with Gasteiger partial charge in [-0.25, -0.2) is 0 Å². The van der Waals surface area contributed by atoms with Crippen molar-refractivity contribution in [3.8, 4) is 0 Å². The highest BCUT2D eigenvalue weighted by molar-refractivity contribution is 6.05. The molecule has 1 aromatic rings. The standard InChI is InChI=1S/C12H16N2O/c1-3-6-12(4-2)9-5-7-13-8-10(9)14-11(12)15/h5,7-8H,3-4,6H2,1-2H3,(H,14,15). The van der Waals surface area contributed by atoms with E-state index in [-0.39, 0.29) is 11.3 Å². The number of pyridine rings is 1. The topological polar surface area (TPSA) is 42.0 Å². The number of aromatic nitrogens is 1. The number of hydrogen-bond acceptors (Lipinski definition) is 2. The number of hydrogen-bond donors (Lipinski definition) is 1. The second-order valence-corrected chi connectivity index (χ2v) is 4.06. The van der Waals surface area contributed by atoms with Gasteiger partial charge < -0.3 is 5.32 Å². The molecule has 0 radical (unpaired) electrons. The quantitative estimate of drug-likeness (QED) is 0.821. The molecule has 1 N–H and O–H groups in total. The van der Waals surface area contributed by atoms with Gasteiger partial charge in [0.05, 0.1) is 17.3 Å². The second kappa shape index (κ2) is 3.65. The summed E-state index contributed by atoms with van der Waals surface area (Å²) >= 11 is 0. The number of fused-ring (bicyclic) bond motifs is 1. The number of carbonyl (C=O) groups is 1. The average molecular weight is 204 g/mol. The zero-order chi connectivity index (χ0) is 10.9. The summed E-state index contributed by atoms with van der Waals surface area (Å²) in [6.07, 6.45) is 6.28. The van der Waals surface area contributed by atoms with Crippen LogP contribution in [-0.2, 0) is 10.2 Å². The van der Waals surface area contributed by atoms with Crippen LogP contribution in [0.15, 0.2) is 18.5 Å². The van der Waals surface area contributed by atoms with Crippen molar-refractivity contribution in [3.63, 3.8) is 0 Å². The molecule has 2 heterocycles. The zero-order valence-electron chi connectivity index (χ0n) is 9.21. The molecule has 0 spiro atoms. The van der Waals surface area contributed by atoms with Crippen molar-refractivity contribution in [3.05, 3.63) is 24.0 Å². The Hall–Kier alpha value is -1.38. The van der Waals surface area contributed by atoms with Crippen LogP contribution >= 0.6 is 0 Å². The van der Waals surface area contributed by atoms with Gasteiger partial charge in [-0.1, -0.05) is 20.3 Å². The first-order valence-corrected chi connectivity index (χ1v) is 5.50. The zero-order valence-corrected chi connectivity index (χ0v) is 9.21. The van der Waals surface area contributed by atoms with Gasteiger partial charge in [0.25, 0.3) is 0 Å². The van der Waals surface area contributed by atoms with Crippen molar-refractivity contribution in [2.45, 2.75) is 38.5 Å². The van der Waals surface area contributed by atoms with Crippen LogP contribution in [0.5, 0.6) is 0 Å². The minimum atomic E-state index is -0.312. The Bertz CT molecular complexity index is 389. The van der Waals surface area contributed by atoms with E-state index in [4.69, 9.17) is 0 Å². The van der Waals surface area contributed by atoms with Gasteiger partial charge in [-0.05, 0) is 24.5 Å². The van der Waals surface area contributed by atoms with E-state index in [1.165, 1.54) is 0 Å². The summed E-state index contributed by atoms with van der Waals surface area (Å²) in [5, 5.41) is 2.92. The molecule has 0 saturated carbocycles. The van der Waals surface area contributed by atoms with Crippen molar-refractivity contribution in [1.29, 1.82) is 0 Å². The Morgan fingerprint density at radius 2 is 2.27 bits per heavy atom. The maximum Gasteiger partial charge on any atom is 0.235 e. The van der Waals surface area contributed by atoms with Gasteiger partial charge in [-0.3, -0.25) is 9.78 Å². The predicted octanol–water partition coefficient (Wildman–Crippen LogP) is 2.48. The monoisotopic (exact) mass is 204 g/mol. The molecular formula is C12H16N2O. The number of anilines is 1. The van der Waals surface area contributed by atoms with Crippen LogP contribution in [0.3, 0.4) is 0 Å². The summed E-state index contributed by atoms with van der Waals surface area (Å²) in [5.74, 6) is 0.134. The van der Waals surface area contributed by atoms with Gasteiger partial charge in [0, 0.05) is 6.20 Å². The molecule has 0 aliphatic carbocycles. The molecule has 3 nitrogen and oxygen atoms in total. The Kier molecular flexibility index (Phi) is 2.47. The highest BCUT2D eigenvalue weighted by atomic mass is 16.2. The maximum absolute atomic E-state index is 12.0. The molecule has 2 rings (SSSR count). The van der Waals surface area contributed by atoms with Crippen molar-refractivity contribution >= 4 is 11.6 Å². The van der Waals surface area contributed by atoms with Gasteiger partial charge in [0.1, 0.15) is 0 Å². The largest absolute Gasteiger partial charge is 0.324 e. The van der Waals surface area contributed by atoms with E-state index < -0.39 is 0 Å². The number of carbonyl (C=O) groups excluding carboxylic acids is 1. The van der Waals surface area contributed by atoms with Crippen LogP contribution in [0.25, 0.3) is 0 Å². The maximum atomic E-state index is 12.0. The van der Waals surface area contributed by atoms with Crippen LogP contribution < -0.4 is 5.32 Å². The third-order valence-corrected chi connectivity index (χ3v) is 3.30. The van der Waals surface area contributed by atoms with Gasteiger partial charge in [0.15, 0.2) is 0 Å². The van der Waals surface area contributed by atoms with Crippen LogP contribution in [0, 0.1) is 0 Å². The first-order valence-electron chi connectivity index (χ1n) is 5.50. The fourth-order valence-electron chi connectivity index (χ4n) is 2.48. The summed E-state index contributed by atoms with van der Waals surface area (Å²) in [4.78, 5) is 16.1. The molecule has 1 unspecified atom stereocenters. The predicted molar refractivity (Wildman–Crippen MR) is 59.7 cm³/mol. The lowest BCUT2D eigenvalue weighted by Crippen LogP contribution is -2.33. The van der Waals surface area contributed by atoms with Gasteiger partial charge in [-0.15, -0.1) is 0 Å². The highest BCUT2D eigenvalue weighted by Gasteiger charge is 2.44. The summed E-state index contributed by atoms with van der Waals surface area (Å²) in [6, 6.07) is 1.96. The van der Waals surface area contributed by atoms with Gasteiger partial charge >= 0.3 is 0 Å². The summed E-state index contributed by atoms with van der Waals surface area (Å²) in [6.45, 7) is 4.19. The minimum Gasteiger partial charge on any atom is -0.324 e. The third kappa shape index (κ3) is 1.34. The fraction of sp³-hybridized carbons (Fsp3) is 0.500. The first-order chi connectivity index (χ1) is 7.24. The number of nitrogens with zero attached hydrogens (tertiary/aromatic N) is 1. The molecule has 1 amide bonds. The third-order valence-electron chi connectivity index (χ3n) is 3.30. The normalized spacial score (nSPS) is 23.7. The highest BCUT2D eigenvalue weighted by Crippen LogP contribution is 2.42. The van der Waals surface area contributed by atoms with Crippen molar-refractivity contribution in [2.24, 2.45) is 0 Å². The molecule has 1 aromatic heterocycles. The fourth-order valence-corrected chi connectivity index (χ4v) is 2.48. The van der Waals surface area contributed by atoms with Crippen LogP contribution in [0.2, 0.25) is 0 Å². The van der Waals surface area contributed by atoms with Crippen molar-refractivity contribution < 1.29 is 4.79 Å². The molecular weight excluding hydrogens is 188 g/mol. The molecule has 15 heavy (non-hydrogen) atoms. The SMILES string of the molecule is CCCC1(CC)C(=O)Nc2cnccc21. The molecule has 3 heteroatoms. The van der Waals surface area contributed by atoms with E-state index in [2.05, 4.69) is 24.1 Å². The van der Waals surface area contributed by atoms with Crippen LogP contribution in [0.1, 0.15) is 38.7 Å². The average Bonchev–Trinajstić information content (AvgIpc) is 2.53. The summed E-state index contributed by atoms with van der Waals surface area (Å²) in [5.41, 5.74) is 1.69. The van der Waals surface area contributed by atoms with E-state index in [0.717, 1.165) is 30.5 Å². The molecule has 1 aliphatic heterocycles. The first kappa shape index (κ1) is 10.1. The van der Waals surface area contributed by atoms with Crippen molar-refractivity contribution in [2.75, 3.05) is 5.32 Å². The molecule has 0 fully saturated rings. The van der Waals surface area contributed by atoms with Crippen LogP contribution in [0.4, 0.5) is 5.69 Å². The van der Waals surface area contributed by atoms with E-state index >= 15 is 0 Å². The Morgan fingerprint density at radius 1 is 1.47 bits per heavy atom. The van der Waals surface area contributed by atoms with Crippen LogP contribution in [-0.4, -0.2) is 10.9 Å².